The molecule has 1 unspecified atom stereocenters. The summed E-state index contributed by atoms with van der Waals surface area (Å²) in [6, 6.07) is 0.626. The van der Waals surface area contributed by atoms with Crippen LogP contribution in [0.2, 0.25) is 0 Å². The molecule has 0 aromatic rings. The lowest BCUT2D eigenvalue weighted by molar-refractivity contribution is -0.187. The van der Waals surface area contributed by atoms with Crippen LogP contribution in [0, 0.1) is 5.92 Å². The summed E-state index contributed by atoms with van der Waals surface area (Å²) in [7, 11) is 0. The Bertz CT molecular complexity index is 271. The lowest BCUT2D eigenvalue weighted by Crippen LogP contribution is -2.61. The first-order chi connectivity index (χ1) is 9.15. The highest BCUT2D eigenvalue weighted by atomic mass is 16.5. The molecule has 0 saturated carbocycles. The minimum absolute atomic E-state index is 0.0498. The molecule has 0 aliphatic carbocycles. The molecule has 0 spiro atoms. The maximum atomic E-state index is 6.20. The van der Waals surface area contributed by atoms with E-state index in [1.165, 1.54) is 12.8 Å². The molecule has 0 radical (unpaired) electrons. The summed E-state index contributed by atoms with van der Waals surface area (Å²) in [4.78, 5) is 2.64. The van der Waals surface area contributed by atoms with Crippen LogP contribution in [0.15, 0.2) is 0 Å². The van der Waals surface area contributed by atoms with Gasteiger partial charge < -0.3 is 10.1 Å². The third-order valence-corrected chi connectivity index (χ3v) is 3.79. The predicted octanol–water partition coefficient (Wildman–Crippen LogP) is 3.29. The van der Waals surface area contributed by atoms with Gasteiger partial charge in [-0.25, -0.2) is 0 Å². The molecular weight excluding hydrogens is 248 g/mol. The van der Waals surface area contributed by atoms with Crippen LogP contribution in [0.4, 0.5) is 0 Å². The van der Waals surface area contributed by atoms with Crippen LogP contribution < -0.4 is 5.32 Å². The highest BCUT2D eigenvalue weighted by Crippen LogP contribution is 2.29. The third kappa shape index (κ3) is 6.11. The maximum Gasteiger partial charge on any atom is 0.0760 e. The van der Waals surface area contributed by atoms with Gasteiger partial charge >= 0.3 is 0 Å². The van der Waals surface area contributed by atoms with Crippen molar-refractivity contribution in [3.63, 3.8) is 0 Å². The fourth-order valence-corrected chi connectivity index (χ4v) is 3.39. The predicted molar refractivity (Wildman–Crippen MR) is 87.2 cm³/mol. The fourth-order valence-electron chi connectivity index (χ4n) is 3.39. The molecule has 0 amide bonds. The van der Waals surface area contributed by atoms with Gasteiger partial charge in [0.15, 0.2) is 0 Å². The minimum Gasteiger partial charge on any atom is -0.367 e. The zero-order chi connectivity index (χ0) is 15.4. The van der Waals surface area contributed by atoms with E-state index in [1.807, 2.05) is 0 Å². The molecule has 1 fully saturated rings. The van der Waals surface area contributed by atoms with Gasteiger partial charge in [-0.1, -0.05) is 27.2 Å². The normalized spacial score (nSPS) is 24.0. The van der Waals surface area contributed by atoms with Crippen molar-refractivity contribution in [1.82, 2.24) is 10.2 Å². The maximum absolute atomic E-state index is 6.20. The highest BCUT2D eigenvalue weighted by Gasteiger charge is 2.40. The van der Waals surface area contributed by atoms with Crippen molar-refractivity contribution in [2.45, 2.75) is 78.6 Å². The fraction of sp³-hybridized carbons (Fsp3) is 1.00. The number of nitrogens with zero attached hydrogens (tertiary/aromatic N) is 1. The van der Waals surface area contributed by atoms with E-state index in [4.69, 9.17) is 4.74 Å². The number of hydrogen-bond acceptors (Lipinski definition) is 3. The molecule has 0 bridgehead atoms. The van der Waals surface area contributed by atoms with Crippen LogP contribution in [0.1, 0.15) is 61.3 Å². The lowest BCUT2D eigenvalue weighted by atomic mass is 9.96. The van der Waals surface area contributed by atoms with E-state index in [2.05, 4.69) is 58.7 Å². The number of ether oxygens (including phenoxy) is 1. The van der Waals surface area contributed by atoms with Crippen LogP contribution in [0.3, 0.4) is 0 Å². The zero-order valence-electron chi connectivity index (χ0n) is 14.8. The first kappa shape index (κ1) is 17.9. The average Bonchev–Trinajstić information content (AvgIpc) is 2.23. The lowest BCUT2D eigenvalue weighted by Gasteiger charge is -2.50. The van der Waals surface area contributed by atoms with E-state index in [-0.39, 0.29) is 11.2 Å². The monoisotopic (exact) mass is 284 g/mol. The molecule has 1 rings (SSSR count). The molecule has 0 aromatic heterocycles. The Hall–Kier alpha value is -0.120. The van der Waals surface area contributed by atoms with E-state index in [0.717, 1.165) is 32.1 Å². The van der Waals surface area contributed by atoms with Gasteiger partial charge in [0, 0.05) is 25.7 Å². The quantitative estimate of drug-likeness (QED) is 0.776. The van der Waals surface area contributed by atoms with Gasteiger partial charge in [-0.05, 0) is 46.6 Å². The SMILES string of the molecule is CCCC(CNCC(C)C)N1CC(C)(C)OC(C)(C)C1. The number of nitrogens with one attached hydrogen (secondary N) is 1. The van der Waals surface area contributed by atoms with E-state index in [1.54, 1.807) is 0 Å². The summed E-state index contributed by atoms with van der Waals surface area (Å²) in [5.74, 6) is 0.717. The molecule has 1 saturated heterocycles. The van der Waals surface area contributed by atoms with E-state index in [9.17, 15) is 0 Å². The molecule has 3 nitrogen and oxygen atoms in total. The molecule has 3 heteroatoms. The second kappa shape index (κ2) is 7.24. The molecular formula is C17H36N2O. The van der Waals surface area contributed by atoms with Gasteiger partial charge in [0.05, 0.1) is 11.2 Å². The first-order valence-corrected chi connectivity index (χ1v) is 8.30. The topological polar surface area (TPSA) is 24.5 Å². The van der Waals surface area contributed by atoms with Crippen molar-refractivity contribution in [1.29, 1.82) is 0 Å². The summed E-state index contributed by atoms with van der Waals surface area (Å²) < 4.78 is 6.20. The Morgan fingerprint density at radius 1 is 1.05 bits per heavy atom. The summed E-state index contributed by atoms with van der Waals surface area (Å²) in [6.45, 7) is 19.9. The minimum atomic E-state index is -0.0498. The van der Waals surface area contributed by atoms with E-state index >= 15 is 0 Å². The number of rotatable bonds is 7. The average molecular weight is 284 g/mol. The van der Waals surface area contributed by atoms with Gasteiger partial charge in [0.2, 0.25) is 0 Å². The zero-order valence-corrected chi connectivity index (χ0v) is 14.8. The summed E-state index contributed by atoms with van der Waals surface area (Å²) >= 11 is 0. The molecule has 1 aliphatic heterocycles. The van der Waals surface area contributed by atoms with Crippen molar-refractivity contribution in [2.75, 3.05) is 26.2 Å². The Morgan fingerprint density at radius 3 is 2.05 bits per heavy atom. The van der Waals surface area contributed by atoms with Crippen LogP contribution in [-0.4, -0.2) is 48.3 Å². The first-order valence-electron chi connectivity index (χ1n) is 8.30. The summed E-state index contributed by atoms with van der Waals surface area (Å²) in [5.41, 5.74) is -0.0996. The second-order valence-corrected chi connectivity index (χ2v) is 8.02. The van der Waals surface area contributed by atoms with Crippen LogP contribution >= 0.6 is 0 Å². The smallest absolute Gasteiger partial charge is 0.0760 e. The van der Waals surface area contributed by atoms with Gasteiger partial charge in [-0.3, -0.25) is 4.90 Å². The van der Waals surface area contributed by atoms with Crippen molar-refractivity contribution in [3.8, 4) is 0 Å². The summed E-state index contributed by atoms with van der Waals surface area (Å²) in [5, 5.41) is 3.64. The van der Waals surface area contributed by atoms with E-state index in [0.29, 0.717) is 6.04 Å². The van der Waals surface area contributed by atoms with Crippen molar-refractivity contribution >= 4 is 0 Å². The molecule has 0 aromatic carbocycles. The summed E-state index contributed by atoms with van der Waals surface area (Å²) in [6.07, 6.45) is 2.50. The van der Waals surface area contributed by atoms with Crippen molar-refractivity contribution < 1.29 is 4.74 Å². The van der Waals surface area contributed by atoms with Gasteiger partial charge in [-0.15, -0.1) is 0 Å². The Kier molecular flexibility index (Phi) is 6.49. The number of hydrogen-bond donors (Lipinski definition) is 1. The molecule has 1 N–H and O–H groups in total. The van der Waals surface area contributed by atoms with Gasteiger partial charge in [0.25, 0.3) is 0 Å². The van der Waals surface area contributed by atoms with Crippen molar-refractivity contribution in [3.05, 3.63) is 0 Å². The second-order valence-electron chi connectivity index (χ2n) is 8.02. The van der Waals surface area contributed by atoms with Gasteiger partial charge in [-0.2, -0.15) is 0 Å². The number of morpholine rings is 1. The molecule has 1 heterocycles. The molecule has 1 aliphatic rings. The third-order valence-electron chi connectivity index (χ3n) is 3.79. The standard InChI is InChI=1S/C17H36N2O/c1-8-9-15(11-18-10-14(2)3)19-12-16(4,5)20-17(6,7)13-19/h14-15,18H,8-13H2,1-7H3. The van der Waals surface area contributed by atoms with Crippen LogP contribution in [0.5, 0.6) is 0 Å². The Morgan fingerprint density at radius 2 is 1.60 bits per heavy atom. The van der Waals surface area contributed by atoms with Crippen LogP contribution in [0.25, 0.3) is 0 Å². The van der Waals surface area contributed by atoms with Gasteiger partial charge in [0.1, 0.15) is 0 Å². The Labute approximate surface area is 126 Å². The Balaban J connectivity index is 2.64. The van der Waals surface area contributed by atoms with Crippen molar-refractivity contribution in [2.24, 2.45) is 5.92 Å². The van der Waals surface area contributed by atoms with Crippen LogP contribution in [-0.2, 0) is 4.74 Å². The molecule has 120 valence electrons. The largest absolute Gasteiger partial charge is 0.367 e. The molecule has 20 heavy (non-hydrogen) atoms. The van der Waals surface area contributed by atoms with E-state index < -0.39 is 0 Å². The highest BCUT2D eigenvalue weighted by molar-refractivity contribution is 4.92. The molecule has 1 atom stereocenters.